The molecule has 0 bridgehead atoms. The molecule has 0 atom stereocenters. The van der Waals surface area contributed by atoms with Gasteiger partial charge in [-0.2, -0.15) is 0 Å². The zero-order valence-corrected chi connectivity index (χ0v) is 15.1. The van der Waals surface area contributed by atoms with Crippen molar-refractivity contribution < 1.29 is 0 Å². The lowest BCUT2D eigenvalue weighted by molar-refractivity contribution is 0.759. The molecule has 1 aliphatic heterocycles. The molecule has 1 aromatic carbocycles. The first-order chi connectivity index (χ1) is 12.1. The third-order valence-corrected chi connectivity index (χ3v) is 5.47. The van der Waals surface area contributed by atoms with E-state index >= 15 is 0 Å². The van der Waals surface area contributed by atoms with Crippen LogP contribution >= 0.6 is 11.3 Å². The number of aryl methyl sites for hydroxylation is 3. The molecule has 3 heterocycles. The van der Waals surface area contributed by atoms with Crippen LogP contribution in [-0.4, -0.2) is 21.5 Å². The predicted molar refractivity (Wildman–Crippen MR) is 103 cm³/mol. The molecule has 25 heavy (non-hydrogen) atoms. The van der Waals surface area contributed by atoms with Crippen LogP contribution in [0.4, 0.5) is 28.1 Å². The number of rotatable bonds is 3. The van der Waals surface area contributed by atoms with Crippen LogP contribution in [0.25, 0.3) is 0 Å². The SMILES string of the molecule is Cc1nc(Nc2ncnc(N3CCCc4ccccc43)c2N)sc1C. The van der Waals surface area contributed by atoms with Crippen LogP contribution in [0.3, 0.4) is 0 Å². The Bertz CT molecular complexity index is 900. The maximum absolute atomic E-state index is 6.41. The summed E-state index contributed by atoms with van der Waals surface area (Å²) in [6.07, 6.45) is 3.72. The molecular formula is C18H20N6S. The van der Waals surface area contributed by atoms with Gasteiger partial charge in [0.2, 0.25) is 0 Å². The van der Waals surface area contributed by atoms with E-state index in [0.29, 0.717) is 11.5 Å². The molecular weight excluding hydrogens is 332 g/mol. The quantitative estimate of drug-likeness (QED) is 0.743. The summed E-state index contributed by atoms with van der Waals surface area (Å²) in [6.45, 7) is 4.95. The number of para-hydroxylation sites is 1. The third-order valence-electron chi connectivity index (χ3n) is 4.48. The third kappa shape index (κ3) is 2.91. The Morgan fingerprint density at radius 3 is 2.84 bits per heavy atom. The minimum atomic E-state index is 0.546. The Hall–Kier alpha value is -2.67. The van der Waals surface area contributed by atoms with E-state index in [9.17, 15) is 0 Å². The summed E-state index contributed by atoms with van der Waals surface area (Å²) in [7, 11) is 0. The summed E-state index contributed by atoms with van der Waals surface area (Å²) in [5.41, 5.74) is 10.5. The highest BCUT2D eigenvalue weighted by atomic mass is 32.1. The lowest BCUT2D eigenvalue weighted by Gasteiger charge is -2.31. The van der Waals surface area contributed by atoms with E-state index < -0.39 is 0 Å². The first-order valence-electron chi connectivity index (χ1n) is 8.30. The first-order valence-corrected chi connectivity index (χ1v) is 9.12. The van der Waals surface area contributed by atoms with Gasteiger partial charge in [0, 0.05) is 17.1 Å². The fourth-order valence-corrected chi connectivity index (χ4v) is 3.90. The number of aromatic nitrogens is 3. The van der Waals surface area contributed by atoms with E-state index in [4.69, 9.17) is 5.73 Å². The molecule has 0 radical (unpaired) electrons. The molecule has 0 amide bonds. The summed E-state index contributed by atoms with van der Waals surface area (Å²) in [5, 5.41) is 4.04. The van der Waals surface area contributed by atoms with Crippen LogP contribution < -0.4 is 16.0 Å². The topological polar surface area (TPSA) is 80.0 Å². The Labute approximate surface area is 150 Å². The summed E-state index contributed by atoms with van der Waals surface area (Å²) >= 11 is 1.60. The highest BCUT2D eigenvalue weighted by Gasteiger charge is 2.22. The number of thiazole rings is 1. The molecule has 2 aromatic heterocycles. The van der Waals surface area contributed by atoms with Crippen molar-refractivity contribution in [3.8, 4) is 0 Å². The van der Waals surface area contributed by atoms with E-state index in [1.807, 2.05) is 6.92 Å². The van der Waals surface area contributed by atoms with Gasteiger partial charge in [-0.25, -0.2) is 15.0 Å². The van der Waals surface area contributed by atoms with Crippen LogP contribution in [0, 0.1) is 13.8 Å². The minimum absolute atomic E-state index is 0.546. The summed E-state index contributed by atoms with van der Waals surface area (Å²) in [6, 6.07) is 8.41. The van der Waals surface area contributed by atoms with E-state index in [1.165, 1.54) is 16.1 Å². The Kier molecular flexibility index (Phi) is 4.01. The number of nitrogens with zero attached hydrogens (tertiary/aromatic N) is 4. The predicted octanol–water partition coefficient (Wildman–Crippen LogP) is 3.96. The van der Waals surface area contributed by atoms with Crippen molar-refractivity contribution in [1.29, 1.82) is 0 Å². The van der Waals surface area contributed by atoms with E-state index in [0.717, 1.165) is 36.0 Å². The zero-order valence-electron chi connectivity index (χ0n) is 14.3. The number of fused-ring (bicyclic) bond motifs is 1. The standard InChI is InChI=1S/C18H20N6S/c1-11-12(2)25-18(22-11)23-16-15(19)17(21-10-20-16)24-9-5-7-13-6-3-4-8-14(13)24/h3-4,6,8,10H,5,7,9,19H2,1-2H3,(H,20,21,22,23). The second kappa shape index (κ2) is 6.33. The van der Waals surface area contributed by atoms with Gasteiger partial charge >= 0.3 is 0 Å². The van der Waals surface area contributed by atoms with Crippen LogP contribution in [0.5, 0.6) is 0 Å². The van der Waals surface area contributed by atoms with E-state index in [2.05, 4.69) is 56.4 Å². The maximum atomic E-state index is 6.41. The number of nitrogens with two attached hydrogens (primary N) is 1. The summed E-state index contributed by atoms with van der Waals surface area (Å²) < 4.78 is 0. The van der Waals surface area contributed by atoms with Gasteiger partial charge < -0.3 is 16.0 Å². The van der Waals surface area contributed by atoms with Crippen molar-refractivity contribution in [2.45, 2.75) is 26.7 Å². The molecule has 7 heteroatoms. The van der Waals surface area contributed by atoms with Crippen molar-refractivity contribution in [2.24, 2.45) is 0 Å². The highest BCUT2D eigenvalue weighted by Crippen LogP contribution is 2.37. The molecule has 0 saturated carbocycles. The molecule has 128 valence electrons. The van der Waals surface area contributed by atoms with Gasteiger partial charge in [0.05, 0.1) is 5.69 Å². The van der Waals surface area contributed by atoms with Crippen molar-refractivity contribution in [2.75, 3.05) is 22.5 Å². The largest absolute Gasteiger partial charge is 0.393 e. The lowest BCUT2D eigenvalue weighted by atomic mass is 10.0. The molecule has 0 saturated heterocycles. The van der Waals surface area contributed by atoms with Crippen molar-refractivity contribution >= 4 is 39.5 Å². The van der Waals surface area contributed by atoms with Crippen molar-refractivity contribution in [1.82, 2.24) is 15.0 Å². The number of anilines is 5. The van der Waals surface area contributed by atoms with Crippen molar-refractivity contribution in [3.05, 3.63) is 46.7 Å². The number of nitrogens with one attached hydrogen (secondary N) is 1. The number of benzene rings is 1. The van der Waals surface area contributed by atoms with E-state index in [-0.39, 0.29) is 0 Å². The average molecular weight is 352 g/mol. The summed E-state index contributed by atoms with van der Waals surface area (Å²) in [4.78, 5) is 16.6. The lowest BCUT2D eigenvalue weighted by Crippen LogP contribution is -2.26. The van der Waals surface area contributed by atoms with Gasteiger partial charge in [-0.15, -0.1) is 11.3 Å². The number of hydrogen-bond donors (Lipinski definition) is 2. The molecule has 3 N–H and O–H groups in total. The second-order valence-corrected chi connectivity index (χ2v) is 7.33. The number of hydrogen-bond acceptors (Lipinski definition) is 7. The number of nitrogen functional groups attached to an aromatic ring is 1. The summed E-state index contributed by atoms with van der Waals surface area (Å²) in [5.74, 6) is 1.34. The highest BCUT2D eigenvalue weighted by molar-refractivity contribution is 7.15. The molecule has 0 fully saturated rings. The Morgan fingerprint density at radius 1 is 1.20 bits per heavy atom. The van der Waals surface area contributed by atoms with Crippen LogP contribution in [0.2, 0.25) is 0 Å². The first kappa shape index (κ1) is 15.8. The minimum Gasteiger partial charge on any atom is -0.393 e. The van der Waals surface area contributed by atoms with Gasteiger partial charge in [0.15, 0.2) is 16.8 Å². The normalized spacial score (nSPS) is 13.6. The van der Waals surface area contributed by atoms with Gasteiger partial charge in [-0.3, -0.25) is 0 Å². The smallest absolute Gasteiger partial charge is 0.188 e. The monoisotopic (exact) mass is 352 g/mol. The molecule has 4 rings (SSSR count). The van der Waals surface area contributed by atoms with Crippen LogP contribution in [-0.2, 0) is 6.42 Å². The molecule has 0 unspecified atom stereocenters. The van der Waals surface area contributed by atoms with Gasteiger partial charge in [-0.1, -0.05) is 18.2 Å². The average Bonchev–Trinajstić information content (AvgIpc) is 2.94. The van der Waals surface area contributed by atoms with E-state index in [1.54, 1.807) is 17.7 Å². The molecule has 0 spiro atoms. The molecule has 0 aliphatic carbocycles. The second-order valence-electron chi connectivity index (χ2n) is 6.13. The molecule has 1 aliphatic rings. The fourth-order valence-electron chi connectivity index (χ4n) is 3.08. The van der Waals surface area contributed by atoms with Gasteiger partial charge in [-0.05, 0) is 38.3 Å². The molecule has 3 aromatic rings. The fraction of sp³-hybridized carbons (Fsp3) is 0.278. The zero-order chi connectivity index (χ0) is 17.4. The van der Waals surface area contributed by atoms with Crippen LogP contribution in [0.15, 0.2) is 30.6 Å². The molecule has 6 nitrogen and oxygen atoms in total. The Balaban J connectivity index is 1.70. The maximum Gasteiger partial charge on any atom is 0.188 e. The Morgan fingerprint density at radius 2 is 2.04 bits per heavy atom. The van der Waals surface area contributed by atoms with Gasteiger partial charge in [0.1, 0.15) is 12.0 Å². The van der Waals surface area contributed by atoms with Crippen molar-refractivity contribution in [3.63, 3.8) is 0 Å². The van der Waals surface area contributed by atoms with Crippen LogP contribution in [0.1, 0.15) is 22.6 Å². The van der Waals surface area contributed by atoms with Gasteiger partial charge in [0.25, 0.3) is 0 Å².